The van der Waals surface area contributed by atoms with E-state index in [4.69, 9.17) is 4.74 Å². The third kappa shape index (κ3) is 6.02. The van der Waals surface area contributed by atoms with Gasteiger partial charge in [-0.15, -0.1) is 0 Å². The second kappa shape index (κ2) is 8.54. The lowest BCUT2D eigenvalue weighted by Gasteiger charge is -2.32. The summed E-state index contributed by atoms with van der Waals surface area (Å²) in [6, 6.07) is 7.55. The molecule has 1 aromatic carbocycles. The Morgan fingerprint density at radius 2 is 1.81 bits per heavy atom. The number of piperidine rings is 1. The molecule has 144 valence electrons. The number of likely N-dealkylation sites (tertiary alicyclic amines) is 1. The molecule has 1 atom stereocenters. The van der Waals surface area contributed by atoms with Gasteiger partial charge in [-0.05, 0) is 51.7 Å². The lowest BCUT2D eigenvalue weighted by molar-refractivity contribution is -0.126. The minimum absolute atomic E-state index is 0.0217. The van der Waals surface area contributed by atoms with Gasteiger partial charge in [-0.3, -0.25) is 4.79 Å². The maximum atomic E-state index is 12.4. The van der Waals surface area contributed by atoms with Gasteiger partial charge in [0, 0.05) is 25.6 Å². The summed E-state index contributed by atoms with van der Waals surface area (Å²) in [5.74, 6) is -0.0566. The molecule has 0 bridgehead atoms. The van der Waals surface area contributed by atoms with Crippen LogP contribution in [-0.4, -0.2) is 40.7 Å². The average molecular weight is 362 g/mol. The lowest BCUT2D eigenvalue weighted by atomic mass is 9.96. The van der Waals surface area contributed by atoms with Gasteiger partial charge in [0.1, 0.15) is 5.60 Å². The van der Waals surface area contributed by atoms with Crippen molar-refractivity contribution in [1.82, 2.24) is 10.2 Å². The number of nitrogens with zero attached hydrogens (tertiary/aromatic N) is 1. The third-order valence-electron chi connectivity index (χ3n) is 4.45. The van der Waals surface area contributed by atoms with Gasteiger partial charge < -0.3 is 20.1 Å². The number of aliphatic hydroxyl groups excluding tert-OH is 1. The summed E-state index contributed by atoms with van der Waals surface area (Å²) in [6.45, 7) is 8.80. The van der Waals surface area contributed by atoms with Crippen LogP contribution in [0.1, 0.15) is 57.8 Å². The SMILES string of the molecule is C[C@H](O)c1ccc(CNC(=O)C2CCN(C(=O)OC(C)(C)C)CC2)cc1. The zero-order valence-electron chi connectivity index (χ0n) is 16.1. The van der Waals surface area contributed by atoms with Gasteiger partial charge in [-0.2, -0.15) is 0 Å². The van der Waals surface area contributed by atoms with Crippen molar-refractivity contribution in [3.05, 3.63) is 35.4 Å². The quantitative estimate of drug-likeness (QED) is 0.863. The molecule has 1 saturated heterocycles. The predicted molar refractivity (Wildman–Crippen MR) is 99.5 cm³/mol. The first kappa shape index (κ1) is 20.2. The monoisotopic (exact) mass is 362 g/mol. The number of amides is 2. The van der Waals surface area contributed by atoms with Crippen molar-refractivity contribution in [2.24, 2.45) is 5.92 Å². The number of rotatable bonds is 4. The average Bonchev–Trinajstić information content (AvgIpc) is 2.58. The largest absolute Gasteiger partial charge is 0.444 e. The van der Waals surface area contributed by atoms with E-state index >= 15 is 0 Å². The molecule has 0 unspecified atom stereocenters. The summed E-state index contributed by atoms with van der Waals surface area (Å²) in [4.78, 5) is 26.1. The Morgan fingerprint density at radius 3 is 2.31 bits per heavy atom. The number of hydrogen-bond acceptors (Lipinski definition) is 4. The summed E-state index contributed by atoms with van der Waals surface area (Å²) in [6.07, 6.45) is 0.487. The van der Waals surface area contributed by atoms with Gasteiger partial charge in [0.05, 0.1) is 6.10 Å². The van der Waals surface area contributed by atoms with Gasteiger partial charge >= 0.3 is 6.09 Å². The summed E-state index contributed by atoms with van der Waals surface area (Å²) < 4.78 is 5.37. The number of carbonyl (C=O) groups excluding carboxylic acids is 2. The number of ether oxygens (including phenoxy) is 1. The van der Waals surface area contributed by atoms with E-state index in [0.717, 1.165) is 11.1 Å². The maximum absolute atomic E-state index is 12.4. The molecule has 1 heterocycles. The lowest BCUT2D eigenvalue weighted by Crippen LogP contribution is -2.44. The fourth-order valence-corrected chi connectivity index (χ4v) is 2.90. The standard InChI is InChI=1S/C20H30N2O4/c1-14(23)16-7-5-15(6-8-16)13-21-18(24)17-9-11-22(12-10-17)19(25)26-20(2,3)4/h5-8,14,17,23H,9-13H2,1-4H3,(H,21,24)/t14-/m0/s1. The summed E-state index contributed by atoms with van der Waals surface area (Å²) in [7, 11) is 0. The van der Waals surface area contributed by atoms with Crippen LogP contribution in [-0.2, 0) is 16.1 Å². The van der Waals surface area contributed by atoms with E-state index in [1.807, 2.05) is 45.0 Å². The minimum atomic E-state index is -0.505. The molecule has 2 N–H and O–H groups in total. The summed E-state index contributed by atoms with van der Waals surface area (Å²) >= 11 is 0. The Balaban J connectivity index is 1.77. The molecule has 6 heteroatoms. The minimum Gasteiger partial charge on any atom is -0.444 e. The van der Waals surface area contributed by atoms with Crippen molar-refractivity contribution in [3.8, 4) is 0 Å². The van der Waals surface area contributed by atoms with Crippen LogP contribution in [0.25, 0.3) is 0 Å². The van der Waals surface area contributed by atoms with Crippen molar-refractivity contribution in [3.63, 3.8) is 0 Å². The van der Waals surface area contributed by atoms with Gasteiger partial charge in [0.25, 0.3) is 0 Å². The van der Waals surface area contributed by atoms with Crippen molar-refractivity contribution < 1.29 is 19.4 Å². The molecule has 26 heavy (non-hydrogen) atoms. The van der Waals surface area contributed by atoms with Crippen LogP contribution in [0.15, 0.2) is 24.3 Å². The van der Waals surface area contributed by atoms with Crippen LogP contribution in [0.3, 0.4) is 0 Å². The molecule has 0 aromatic heterocycles. The van der Waals surface area contributed by atoms with Crippen LogP contribution >= 0.6 is 0 Å². The zero-order chi connectivity index (χ0) is 19.3. The van der Waals surface area contributed by atoms with Crippen LogP contribution in [0.4, 0.5) is 4.79 Å². The molecule has 1 aliphatic heterocycles. The number of benzene rings is 1. The van der Waals surface area contributed by atoms with Gasteiger partial charge in [-0.25, -0.2) is 4.79 Å². The normalized spacial score (nSPS) is 16.9. The molecule has 0 spiro atoms. The Morgan fingerprint density at radius 1 is 1.23 bits per heavy atom. The van der Waals surface area contributed by atoms with E-state index in [0.29, 0.717) is 32.5 Å². The molecule has 0 saturated carbocycles. The molecule has 0 aliphatic carbocycles. The topological polar surface area (TPSA) is 78.9 Å². The summed E-state index contributed by atoms with van der Waals surface area (Å²) in [5.41, 5.74) is 1.35. The molecule has 2 rings (SSSR count). The van der Waals surface area contributed by atoms with Gasteiger partial charge in [-0.1, -0.05) is 24.3 Å². The number of hydrogen-bond donors (Lipinski definition) is 2. The molecule has 2 amide bonds. The van der Waals surface area contributed by atoms with Gasteiger partial charge in [0.2, 0.25) is 5.91 Å². The van der Waals surface area contributed by atoms with Crippen LogP contribution in [0, 0.1) is 5.92 Å². The predicted octanol–water partition coefficient (Wildman–Crippen LogP) is 3.00. The Hall–Kier alpha value is -2.08. The van der Waals surface area contributed by atoms with Gasteiger partial charge in [0.15, 0.2) is 0 Å². The molecule has 1 aromatic rings. The highest BCUT2D eigenvalue weighted by atomic mass is 16.6. The molecular weight excluding hydrogens is 332 g/mol. The first-order chi connectivity index (χ1) is 12.2. The van der Waals surface area contributed by atoms with E-state index in [9.17, 15) is 14.7 Å². The van der Waals surface area contributed by atoms with Crippen molar-refractivity contribution in [1.29, 1.82) is 0 Å². The van der Waals surface area contributed by atoms with E-state index in [-0.39, 0.29) is 17.9 Å². The maximum Gasteiger partial charge on any atom is 0.410 e. The van der Waals surface area contributed by atoms with Crippen molar-refractivity contribution >= 4 is 12.0 Å². The highest BCUT2D eigenvalue weighted by molar-refractivity contribution is 5.79. The molecule has 1 fully saturated rings. The number of nitrogens with one attached hydrogen (secondary N) is 1. The first-order valence-corrected chi connectivity index (χ1v) is 9.18. The van der Waals surface area contributed by atoms with Crippen LogP contribution in [0.5, 0.6) is 0 Å². The fraction of sp³-hybridized carbons (Fsp3) is 0.600. The Bertz CT molecular complexity index is 612. The second-order valence-electron chi connectivity index (χ2n) is 7.88. The van der Waals surface area contributed by atoms with E-state index in [2.05, 4.69) is 5.32 Å². The summed E-state index contributed by atoms with van der Waals surface area (Å²) in [5, 5.41) is 12.5. The fourth-order valence-electron chi connectivity index (χ4n) is 2.90. The second-order valence-corrected chi connectivity index (χ2v) is 7.88. The number of carbonyl (C=O) groups is 2. The van der Waals surface area contributed by atoms with E-state index in [1.54, 1.807) is 11.8 Å². The van der Waals surface area contributed by atoms with Crippen molar-refractivity contribution in [2.45, 2.75) is 58.8 Å². The molecule has 6 nitrogen and oxygen atoms in total. The van der Waals surface area contributed by atoms with E-state index < -0.39 is 11.7 Å². The Kier molecular flexibility index (Phi) is 6.64. The highest BCUT2D eigenvalue weighted by Gasteiger charge is 2.29. The van der Waals surface area contributed by atoms with Crippen molar-refractivity contribution in [2.75, 3.05) is 13.1 Å². The third-order valence-corrected chi connectivity index (χ3v) is 4.45. The van der Waals surface area contributed by atoms with E-state index in [1.165, 1.54) is 0 Å². The molecule has 1 aliphatic rings. The Labute approximate surface area is 155 Å². The molecule has 0 radical (unpaired) electrons. The smallest absolute Gasteiger partial charge is 0.410 e. The first-order valence-electron chi connectivity index (χ1n) is 9.18. The number of aliphatic hydroxyl groups is 1. The van der Waals surface area contributed by atoms with Crippen LogP contribution in [0.2, 0.25) is 0 Å². The van der Waals surface area contributed by atoms with Crippen LogP contribution < -0.4 is 5.32 Å². The zero-order valence-corrected chi connectivity index (χ0v) is 16.1. The molecular formula is C20H30N2O4. The highest BCUT2D eigenvalue weighted by Crippen LogP contribution is 2.20.